The Morgan fingerprint density at radius 2 is 1.76 bits per heavy atom. The van der Waals surface area contributed by atoms with Gasteiger partial charge in [-0.3, -0.25) is 4.79 Å². The summed E-state index contributed by atoms with van der Waals surface area (Å²) in [6.45, 7) is 0.703. The van der Waals surface area contributed by atoms with Gasteiger partial charge in [0.15, 0.2) is 11.5 Å². The zero-order valence-corrected chi connectivity index (χ0v) is 17.9. The maximum atomic E-state index is 13.5. The minimum Gasteiger partial charge on any atom is -0.493 e. The third-order valence-corrected chi connectivity index (χ3v) is 6.51. The van der Waals surface area contributed by atoms with Crippen LogP contribution in [0.1, 0.15) is 54.8 Å². The lowest BCUT2D eigenvalue weighted by molar-refractivity contribution is -0.138. The van der Waals surface area contributed by atoms with E-state index in [1.165, 1.54) is 12.0 Å². The summed E-state index contributed by atoms with van der Waals surface area (Å²) in [4.78, 5) is 15.6. The van der Waals surface area contributed by atoms with E-state index in [0.29, 0.717) is 17.3 Å². The van der Waals surface area contributed by atoms with Gasteiger partial charge in [-0.2, -0.15) is 0 Å². The van der Waals surface area contributed by atoms with E-state index < -0.39 is 0 Å². The van der Waals surface area contributed by atoms with E-state index >= 15 is 0 Å². The first-order valence-corrected chi connectivity index (χ1v) is 10.8. The first-order chi connectivity index (χ1) is 14.1. The monoisotopic (exact) mass is 413 g/mol. The second-order valence-corrected chi connectivity index (χ2v) is 8.42. The van der Waals surface area contributed by atoms with Crippen LogP contribution in [0.2, 0.25) is 5.02 Å². The van der Waals surface area contributed by atoms with Crippen molar-refractivity contribution in [3.8, 4) is 11.5 Å². The van der Waals surface area contributed by atoms with Crippen LogP contribution in [0, 0.1) is 5.92 Å². The van der Waals surface area contributed by atoms with Gasteiger partial charge in [0.25, 0.3) is 0 Å². The van der Waals surface area contributed by atoms with E-state index in [2.05, 4.69) is 11.0 Å². The van der Waals surface area contributed by atoms with E-state index in [4.69, 9.17) is 21.1 Å². The number of hydrogen-bond acceptors (Lipinski definition) is 3. The molecule has 2 aromatic carbocycles. The van der Waals surface area contributed by atoms with Crippen LogP contribution in [0.15, 0.2) is 36.4 Å². The molecule has 29 heavy (non-hydrogen) atoms. The van der Waals surface area contributed by atoms with E-state index in [9.17, 15) is 4.79 Å². The Bertz CT molecular complexity index is 892. The lowest BCUT2D eigenvalue weighted by Gasteiger charge is -2.40. The van der Waals surface area contributed by atoms with Crippen molar-refractivity contribution in [2.75, 3.05) is 20.8 Å². The number of ether oxygens (including phenoxy) is 2. The number of halogens is 1. The average molecular weight is 414 g/mol. The predicted molar refractivity (Wildman–Crippen MR) is 115 cm³/mol. The number of carbonyl (C=O) groups excluding carboxylic acids is 1. The fourth-order valence-corrected chi connectivity index (χ4v) is 5.00. The highest BCUT2D eigenvalue weighted by molar-refractivity contribution is 6.30. The number of methoxy groups -OCH3 is 2. The van der Waals surface area contributed by atoms with Crippen LogP contribution in [-0.2, 0) is 11.2 Å². The third kappa shape index (κ3) is 3.95. The summed E-state index contributed by atoms with van der Waals surface area (Å²) in [5, 5.41) is 0.681. The molecule has 0 aromatic heterocycles. The van der Waals surface area contributed by atoms with Crippen LogP contribution in [-0.4, -0.2) is 31.6 Å². The summed E-state index contributed by atoms with van der Waals surface area (Å²) in [6.07, 6.45) is 6.33. The number of carbonyl (C=O) groups is 1. The second-order valence-electron chi connectivity index (χ2n) is 7.98. The van der Waals surface area contributed by atoms with Crippen molar-refractivity contribution < 1.29 is 14.3 Å². The molecule has 1 aliphatic carbocycles. The van der Waals surface area contributed by atoms with Crippen molar-refractivity contribution in [2.45, 2.75) is 44.6 Å². The highest BCUT2D eigenvalue weighted by Crippen LogP contribution is 2.42. The van der Waals surface area contributed by atoms with Gasteiger partial charge in [0, 0.05) is 17.5 Å². The van der Waals surface area contributed by atoms with Gasteiger partial charge >= 0.3 is 0 Å². The molecule has 1 saturated carbocycles. The standard InChI is InChI=1S/C24H28ClNO3/c1-28-21-14-17-11-12-26(24(27)16-7-4-3-5-8-16)23(20(17)15-22(21)29-2)18-9-6-10-19(25)13-18/h6,9-10,13-16,23H,3-5,7-8,11-12H2,1-2H3/t23-/m0/s1. The van der Waals surface area contributed by atoms with Gasteiger partial charge < -0.3 is 14.4 Å². The average Bonchev–Trinajstić information content (AvgIpc) is 2.77. The van der Waals surface area contributed by atoms with Gasteiger partial charge in [0.2, 0.25) is 5.91 Å². The van der Waals surface area contributed by atoms with Crippen molar-refractivity contribution in [2.24, 2.45) is 5.92 Å². The number of nitrogens with zero attached hydrogens (tertiary/aromatic N) is 1. The summed E-state index contributed by atoms with van der Waals surface area (Å²) < 4.78 is 11.1. The van der Waals surface area contributed by atoms with Crippen molar-refractivity contribution in [1.82, 2.24) is 4.90 Å². The molecule has 0 spiro atoms. The third-order valence-electron chi connectivity index (χ3n) is 6.28. The maximum absolute atomic E-state index is 13.5. The summed E-state index contributed by atoms with van der Waals surface area (Å²) in [5.74, 6) is 1.82. The molecule has 2 aromatic rings. The number of fused-ring (bicyclic) bond motifs is 1. The first kappa shape index (κ1) is 20.1. The van der Waals surface area contributed by atoms with Gasteiger partial charge in [-0.15, -0.1) is 0 Å². The molecule has 5 heteroatoms. The minimum absolute atomic E-state index is 0.132. The summed E-state index contributed by atoms with van der Waals surface area (Å²) in [6, 6.07) is 11.8. The van der Waals surface area contributed by atoms with Crippen molar-refractivity contribution >= 4 is 17.5 Å². The molecule has 0 radical (unpaired) electrons. The first-order valence-electron chi connectivity index (χ1n) is 10.4. The van der Waals surface area contributed by atoms with Crippen molar-refractivity contribution in [3.63, 3.8) is 0 Å². The Hall–Kier alpha value is -2.20. The lowest BCUT2D eigenvalue weighted by atomic mass is 9.84. The molecule has 0 bridgehead atoms. The maximum Gasteiger partial charge on any atom is 0.226 e. The Balaban J connectivity index is 1.79. The molecule has 1 fully saturated rings. The van der Waals surface area contributed by atoms with Crippen molar-refractivity contribution in [3.05, 3.63) is 58.1 Å². The topological polar surface area (TPSA) is 38.8 Å². The van der Waals surface area contributed by atoms with Gasteiger partial charge in [0.1, 0.15) is 0 Å². The summed E-state index contributed by atoms with van der Waals surface area (Å²) in [5.41, 5.74) is 3.33. The molecule has 1 aliphatic heterocycles. The zero-order chi connectivity index (χ0) is 20.4. The minimum atomic E-state index is -0.160. The molecule has 0 unspecified atom stereocenters. The Kier molecular flexibility index (Phi) is 6.00. The van der Waals surface area contributed by atoms with E-state index in [-0.39, 0.29) is 17.9 Å². The van der Waals surface area contributed by atoms with E-state index in [0.717, 1.165) is 49.0 Å². The highest BCUT2D eigenvalue weighted by Gasteiger charge is 2.36. The van der Waals surface area contributed by atoms with Gasteiger partial charge in [-0.05, 0) is 60.2 Å². The smallest absolute Gasteiger partial charge is 0.226 e. The molecule has 154 valence electrons. The molecule has 4 nitrogen and oxygen atoms in total. The predicted octanol–water partition coefficient (Wildman–Crippen LogP) is 5.41. The second kappa shape index (κ2) is 8.66. The molecule has 1 amide bonds. The quantitative estimate of drug-likeness (QED) is 0.672. The fraction of sp³-hybridized carbons (Fsp3) is 0.458. The van der Waals surface area contributed by atoms with Crippen LogP contribution >= 0.6 is 11.6 Å². The lowest BCUT2D eigenvalue weighted by Crippen LogP contribution is -2.44. The van der Waals surface area contributed by atoms with Crippen LogP contribution in [0.3, 0.4) is 0 Å². The number of benzene rings is 2. The Morgan fingerprint density at radius 1 is 1.03 bits per heavy atom. The molecule has 4 rings (SSSR count). The van der Waals surface area contributed by atoms with Gasteiger partial charge in [0.05, 0.1) is 20.3 Å². The molecule has 0 saturated heterocycles. The van der Waals surface area contributed by atoms with Crippen LogP contribution in [0.4, 0.5) is 0 Å². The van der Waals surface area contributed by atoms with Crippen molar-refractivity contribution in [1.29, 1.82) is 0 Å². The number of hydrogen-bond donors (Lipinski definition) is 0. The molecule has 1 atom stereocenters. The van der Waals surface area contributed by atoms with E-state index in [1.807, 2.05) is 30.3 Å². The SMILES string of the molecule is COc1cc2c(cc1OC)[C@H](c1cccc(Cl)c1)N(C(=O)C1CCCCC1)CC2. The summed E-state index contributed by atoms with van der Waals surface area (Å²) in [7, 11) is 3.30. The zero-order valence-electron chi connectivity index (χ0n) is 17.1. The molecule has 1 heterocycles. The Labute approximate surface area is 177 Å². The number of rotatable bonds is 4. The van der Waals surface area contributed by atoms with Gasteiger partial charge in [-0.25, -0.2) is 0 Å². The van der Waals surface area contributed by atoms with Crippen LogP contribution in [0.25, 0.3) is 0 Å². The molecule has 2 aliphatic rings. The number of amides is 1. The molecular formula is C24H28ClNO3. The molecular weight excluding hydrogens is 386 g/mol. The van der Waals surface area contributed by atoms with Gasteiger partial charge in [-0.1, -0.05) is 43.0 Å². The Morgan fingerprint density at radius 3 is 2.45 bits per heavy atom. The summed E-state index contributed by atoms with van der Waals surface area (Å²) >= 11 is 6.33. The normalized spacial score (nSPS) is 19.6. The van der Waals surface area contributed by atoms with Crippen LogP contribution in [0.5, 0.6) is 11.5 Å². The molecule has 0 N–H and O–H groups in total. The highest BCUT2D eigenvalue weighted by atomic mass is 35.5. The largest absolute Gasteiger partial charge is 0.493 e. The van der Waals surface area contributed by atoms with Crippen LogP contribution < -0.4 is 9.47 Å². The fourth-order valence-electron chi connectivity index (χ4n) is 4.80. The van der Waals surface area contributed by atoms with E-state index in [1.54, 1.807) is 14.2 Å².